The fourth-order valence-corrected chi connectivity index (χ4v) is 2.13. The number of aromatic hydroxyl groups is 1. The van der Waals surface area contributed by atoms with Crippen LogP contribution >= 0.6 is 0 Å². The molecule has 1 unspecified atom stereocenters. The van der Waals surface area contributed by atoms with Crippen LogP contribution in [0.4, 0.5) is 0 Å². The molecule has 1 atom stereocenters. The fraction of sp³-hybridized carbons (Fsp3) is 0.455. The number of aromatic nitrogens is 3. The largest absolute Gasteiger partial charge is 0.506 e. The van der Waals surface area contributed by atoms with E-state index in [2.05, 4.69) is 15.4 Å². The van der Waals surface area contributed by atoms with E-state index in [1.165, 1.54) is 6.42 Å². The average molecular weight is 218 g/mol. The quantitative estimate of drug-likeness (QED) is 0.746. The molecule has 84 valence electrons. The normalized spacial score (nSPS) is 21.4. The Morgan fingerprint density at radius 3 is 3.19 bits per heavy atom. The van der Waals surface area contributed by atoms with Crippen molar-refractivity contribution in [2.45, 2.75) is 18.8 Å². The van der Waals surface area contributed by atoms with Gasteiger partial charge >= 0.3 is 0 Å². The van der Waals surface area contributed by atoms with Crippen molar-refractivity contribution >= 4 is 5.65 Å². The first-order chi connectivity index (χ1) is 7.83. The van der Waals surface area contributed by atoms with Crippen LogP contribution in [0, 0.1) is 0 Å². The van der Waals surface area contributed by atoms with Gasteiger partial charge in [0.2, 0.25) is 0 Å². The van der Waals surface area contributed by atoms with E-state index in [0.29, 0.717) is 5.92 Å². The molecule has 2 aromatic heterocycles. The minimum Gasteiger partial charge on any atom is -0.506 e. The highest BCUT2D eigenvalue weighted by atomic mass is 16.3. The lowest BCUT2D eigenvalue weighted by atomic mass is 9.99. The maximum Gasteiger partial charge on any atom is 0.156 e. The molecule has 3 rings (SSSR count). The third-order valence-corrected chi connectivity index (χ3v) is 2.99. The molecule has 0 spiro atoms. The van der Waals surface area contributed by atoms with E-state index in [1.54, 1.807) is 22.8 Å². The molecule has 0 saturated carbocycles. The number of piperidine rings is 1. The van der Waals surface area contributed by atoms with E-state index in [-0.39, 0.29) is 5.75 Å². The summed E-state index contributed by atoms with van der Waals surface area (Å²) in [6.07, 6.45) is 3.89. The topological polar surface area (TPSA) is 62.5 Å². The number of nitrogens with zero attached hydrogens (tertiary/aromatic N) is 3. The maximum absolute atomic E-state index is 9.35. The first kappa shape index (κ1) is 9.59. The molecular formula is C11H14N4O. The second kappa shape index (κ2) is 3.75. The lowest BCUT2D eigenvalue weighted by Crippen LogP contribution is -2.28. The first-order valence-electron chi connectivity index (χ1n) is 5.59. The average Bonchev–Trinajstić information content (AvgIpc) is 2.73. The second-order valence-corrected chi connectivity index (χ2v) is 4.20. The number of fused-ring (bicyclic) bond motifs is 1. The van der Waals surface area contributed by atoms with Crippen LogP contribution in [0.15, 0.2) is 18.3 Å². The van der Waals surface area contributed by atoms with Gasteiger partial charge in [-0.25, -0.2) is 9.50 Å². The van der Waals surface area contributed by atoms with E-state index >= 15 is 0 Å². The van der Waals surface area contributed by atoms with Crippen molar-refractivity contribution in [2.24, 2.45) is 0 Å². The Hall–Kier alpha value is -1.62. The number of hydrogen-bond donors (Lipinski definition) is 2. The molecule has 5 heteroatoms. The molecule has 0 bridgehead atoms. The van der Waals surface area contributed by atoms with Gasteiger partial charge in [0.1, 0.15) is 5.75 Å². The molecule has 0 aliphatic carbocycles. The Balaban J connectivity index is 1.97. The maximum atomic E-state index is 9.35. The standard InChI is InChI=1S/C11H14N4O/c16-9-3-4-10-13-11(14-15(10)7-9)8-2-1-5-12-6-8/h3-4,7-8,12,16H,1-2,5-6H2. The molecule has 0 aromatic carbocycles. The third-order valence-electron chi connectivity index (χ3n) is 2.99. The van der Waals surface area contributed by atoms with Crippen molar-refractivity contribution in [3.63, 3.8) is 0 Å². The van der Waals surface area contributed by atoms with Crippen LogP contribution in [0.1, 0.15) is 24.6 Å². The third kappa shape index (κ3) is 1.63. The number of pyridine rings is 1. The number of nitrogens with one attached hydrogen (secondary N) is 1. The monoisotopic (exact) mass is 218 g/mol. The summed E-state index contributed by atoms with van der Waals surface area (Å²) in [7, 11) is 0. The minimum atomic E-state index is 0.214. The molecule has 2 aromatic rings. The van der Waals surface area contributed by atoms with Crippen LogP contribution in [0.25, 0.3) is 5.65 Å². The number of rotatable bonds is 1. The summed E-state index contributed by atoms with van der Waals surface area (Å²) in [6, 6.07) is 3.41. The van der Waals surface area contributed by atoms with Gasteiger partial charge in [-0.15, -0.1) is 0 Å². The minimum absolute atomic E-state index is 0.214. The highest BCUT2D eigenvalue weighted by Crippen LogP contribution is 2.21. The van der Waals surface area contributed by atoms with Gasteiger partial charge in [-0.3, -0.25) is 0 Å². The smallest absolute Gasteiger partial charge is 0.156 e. The van der Waals surface area contributed by atoms with E-state index in [1.807, 2.05) is 0 Å². The molecule has 1 saturated heterocycles. The van der Waals surface area contributed by atoms with Crippen LogP contribution < -0.4 is 5.32 Å². The Morgan fingerprint density at radius 2 is 2.38 bits per heavy atom. The van der Waals surface area contributed by atoms with Crippen LogP contribution in [0.3, 0.4) is 0 Å². The summed E-state index contributed by atoms with van der Waals surface area (Å²) in [5.74, 6) is 1.49. The van der Waals surface area contributed by atoms with E-state index in [4.69, 9.17) is 0 Å². The molecule has 5 nitrogen and oxygen atoms in total. The van der Waals surface area contributed by atoms with Crippen LogP contribution in [-0.4, -0.2) is 32.8 Å². The highest BCUT2D eigenvalue weighted by molar-refractivity contribution is 5.40. The Bertz CT molecular complexity index is 502. The zero-order valence-electron chi connectivity index (χ0n) is 8.93. The summed E-state index contributed by atoms with van der Waals surface area (Å²) in [5.41, 5.74) is 0.790. The molecule has 16 heavy (non-hydrogen) atoms. The van der Waals surface area contributed by atoms with Gasteiger partial charge in [-0.2, -0.15) is 5.10 Å². The Morgan fingerprint density at radius 1 is 1.44 bits per heavy atom. The summed E-state index contributed by atoms with van der Waals surface area (Å²) in [4.78, 5) is 4.48. The SMILES string of the molecule is Oc1ccc2nc(C3CCCNC3)nn2c1. The van der Waals surface area contributed by atoms with Gasteiger partial charge in [0.05, 0.1) is 6.20 Å². The highest BCUT2D eigenvalue weighted by Gasteiger charge is 2.19. The molecule has 1 fully saturated rings. The van der Waals surface area contributed by atoms with Crippen LogP contribution in [0.2, 0.25) is 0 Å². The van der Waals surface area contributed by atoms with Gasteiger partial charge < -0.3 is 10.4 Å². The summed E-state index contributed by atoms with van der Waals surface area (Å²) >= 11 is 0. The van der Waals surface area contributed by atoms with Gasteiger partial charge in [0.15, 0.2) is 11.5 Å². The predicted octanol–water partition coefficient (Wildman–Crippen LogP) is 0.902. The van der Waals surface area contributed by atoms with Crippen LogP contribution in [0.5, 0.6) is 5.75 Å². The molecule has 0 radical (unpaired) electrons. The molecule has 1 aliphatic heterocycles. The van der Waals surface area contributed by atoms with Crippen molar-refractivity contribution in [1.82, 2.24) is 19.9 Å². The van der Waals surface area contributed by atoms with Crippen molar-refractivity contribution in [3.8, 4) is 5.75 Å². The van der Waals surface area contributed by atoms with Crippen LogP contribution in [-0.2, 0) is 0 Å². The second-order valence-electron chi connectivity index (χ2n) is 4.20. The lowest BCUT2D eigenvalue weighted by Gasteiger charge is -2.19. The first-order valence-corrected chi connectivity index (χ1v) is 5.59. The van der Waals surface area contributed by atoms with Gasteiger partial charge in [-0.05, 0) is 31.5 Å². The predicted molar refractivity (Wildman–Crippen MR) is 59.5 cm³/mol. The zero-order chi connectivity index (χ0) is 11.0. The van der Waals surface area contributed by atoms with Crippen molar-refractivity contribution < 1.29 is 5.11 Å². The fourth-order valence-electron chi connectivity index (χ4n) is 2.13. The molecule has 2 N–H and O–H groups in total. The molecule has 0 amide bonds. The van der Waals surface area contributed by atoms with Crippen molar-refractivity contribution in [3.05, 3.63) is 24.2 Å². The lowest BCUT2D eigenvalue weighted by molar-refractivity contribution is 0.446. The zero-order valence-corrected chi connectivity index (χ0v) is 8.93. The molecular weight excluding hydrogens is 204 g/mol. The van der Waals surface area contributed by atoms with Gasteiger partial charge in [0, 0.05) is 12.5 Å². The van der Waals surface area contributed by atoms with Gasteiger partial charge in [-0.1, -0.05) is 0 Å². The Labute approximate surface area is 93.1 Å². The number of hydrogen-bond acceptors (Lipinski definition) is 4. The summed E-state index contributed by atoms with van der Waals surface area (Å²) in [5, 5.41) is 17.1. The molecule has 3 heterocycles. The summed E-state index contributed by atoms with van der Waals surface area (Å²) < 4.78 is 1.64. The van der Waals surface area contributed by atoms with E-state index < -0.39 is 0 Å². The molecule has 1 aliphatic rings. The van der Waals surface area contributed by atoms with Gasteiger partial charge in [0.25, 0.3) is 0 Å². The van der Waals surface area contributed by atoms with E-state index in [0.717, 1.165) is 31.0 Å². The van der Waals surface area contributed by atoms with E-state index in [9.17, 15) is 5.11 Å². The Kier molecular flexibility index (Phi) is 2.25. The van der Waals surface area contributed by atoms with Crippen molar-refractivity contribution in [1.29, 1.82) is 0 Å². The van der Waals surface area contributed by atoms with Crippen molar-refractivity contribution in [2.75, 3.05) is 13.1 Å². The summed E-state index contributed by atoms with van der Waals surface area (Å²) in [6.45, 7) is 2.04.